The molecule has 0 saturated carbocycles. The van der Waals surface area contributed by atoms with E-state index in [1.807, 2.05) is 35.8 Å². The zero-order valence-electron chi connectivity index (χ0n) is 18.2. The van der Waals surface area contributed by atoms with Crippen molar-refractivity contribution < 1.29 is 4.74 Å². The van der Waals surface area contributed by atoms with Crippen LogP contribution in [0.5, 0.6) is 5.75 Å². The normalized spacial score (nSPS) is 19.7. The van der Waals surface area contributed by atoms with Crippen LogP contribution in [0.3, 0.4) is 0 Å². The lowest BCUT2D eigenvalue weighted by atomic mass is 10.1. The molecular formula is C22H27N7O3. The van der Waals surface area contributed by atoms with Gasteiger partial charge in [0, 0.05) is 44.5 Å². The van der Waals surface area contributed by atoms with Gasteiger partial charge in [0.2, 0.25) is 5.95 Å². The van der Waals surface area contributed by atoms with Crippen LogP contribution in [0.1, 0.15) is 25.3 Å². The maximum atomic E-state index is 13.6. The molecule has 168 valence electrons. The van der Waals surface area contributed by atoms with Crippen molar-refractivity contribution in [1.82, 2.24) is 24.0 Å². The van der Waals surface area contributed by atoms with E-state index in [0.717, 1.165) is 29.5 Å². The number of aromatic nitrogens is 4. The van der Waals surface area contributed by atoms with Gasteiger partial charge in [-0.05, 0) is 31.9 Å². The van der Waals surface area contributed by atoms with Gasteiger partial charge in [-0.1, -0.05) is 12.1 Å². The molecule has 3 N–H and O–H groups in total. The summed E-state index contributed by atoms with van der Waals surface area (Å²) in [4.78, 5) is 33.6. The molecule has 0 spiro atoms. The summed E-state index contributed by atoms with van der Waals surface area (Å²) in [5.41, 5.74) is 7.54. The lowest BCUT2D eigenvalue weighted by molar-refractivity contribution is 0.294. The van der Waals surface area contributed by atoms with E-state index in [-0.39, 0.29) is 12.8 Å². The van der Waals surface area contributed by atoms with Crippen LogP contribution in [0.25, 0.3) is 23.1 Å². The van der Waals surface area contributed by atoms with Crippen molar-refractivity contribution in [1.29, 1.82) is 0 Å². The number of ether oxygens (including phenoxy) is 1. The number of benzene rings is 1. The van der Waals surface area contributed by atoms with Crippen LogP contribution >= 0.6 is 0 Å². The number of hydrogen-bond acceptors (Lipinski definition) is 7. The third kappa shape index (κ3) is 3.18. The first-order valence-electron chi connectivity index (χ1n) is 10.9. The highest BCUT2D eigenvalue weighted by Gasteiger charge is 2.26. The van der Waals surface area contributed by atoms with E-state index < -0.39 is 11.2 Å². The SMILES string of the molecule is CCn1c(N2CCCC(N)C2)nc2c1c(=O)n(/C=C1\NCOc3ccccc31)c(=O)n2C. The molecule has 2 aliphatic rings. The van der Waals surface area contributed by atoms with E-state index in [1.54, 1.807) is 13.2 Å². The average molecular weight is 438 g/mol. The van der Waals surface area contributed by atoms with Gasteiger partial charge in [0.05, 0.1) is 5.70 Å². The van der Waals surface area contributed by atoms with Crippen molar-refractivity contribution in [2.75, 3.05) is 24.7 Å². The number of piperidine rings is 1. The lowest BCUT2D eigenvalue weighted by Crippen LogP contribution is -2.44. The molecular weight excluding hydrogens is 410 g/mol. The molecule has 0 amide bonds. The Kier molecular flexibility index (Phi) is 5.01. The van der Waals surface area contributed by atoms with Crippen LogP contribution in [-0.2, 0) is 13.6 Å². The van der Waals surface area contributed by atoms with Gasteiger partial charge in [0.1, 0.15) is 5.75 Å². The molecule has 2 aliphatic heterocycles. The Labute approximate surface area is 184 Å². The maximum Gasteiger partial charge on any atom is 0.336 e. The predicted molar refractivity (Wildman–Crippen MR) is 124 cm³/mol. The zero-order chi connectivity index (χ0) is 22.4. The topological polar surface area (TPSA) is 112 Å². The molecule has 1 unspecified atom stereocenters. The van der Waals surface area contributed by atoms with E-state index in [2.05, 4.69) is 10.2 Å². The summed E-state index contributed by atoms with van der Waals surface area (Å²) in [6.45, 7) is 4.28. The summed E-state index contributed by atoms with van der Waals surface area (Å²) in [6.07, 6.45) is 3.49. The van der Waals surface area contributed by atoms with Gasteiger partial charge in [-0.3, -0.25) is 9.36 Å². The Balaban J connectivity index is 1.71. The van der Waals surface area contributed by atoms with Crippen LogP contribution < -0.4 is 31.9 Å². The summed E-state index contributed by atoms with van der Waals surface area (Å²) in [7, 11) is 1.64. The molecule has 0 bridgehead atoms. The average Bonchev–Trinajstić information content (AvgIpc) is 3.20. The highest BCUT2D eigenvalue weighted by atomic mass is 16.5. The largest absolute Gasteiger partial charge is 0.473 e. The fraction of sp³-hybridized carbons (Fsp3) is 0.409. The molecule has 0 radical (unpaired) electrons. The summed E-state index contributed by atoms with van der Waals surface area (Å²) in [6, 6.07) is 7.58. The number of nitrogens with zero attached hydrogens (tertiary/aromatic N) is 5. The van der Waals surface area contributed by atoms with Crippen LogP contribution in [0.4, 0.5) is 5.95 Å². The molecule has 1 saturated heterocycles. The lowest BCUT2D eigenvalue weighted by Gasteiger charge is -2.31. The van der Waals surface area contributed by atoms with Gasteiger partial charge in [-0.15, -0.1) is 0 Å². The molecule has 1 fully saturated rings. The van der Waals surface area contributed by atoms with Crippen molar-refractivity contribution in [3.8, 4) is 5.75 Å². The molecule has 5 rings (SSSR count). The van der Waals surface area contributed by atoms with Gasteiger partial charge >= 0.3 is 5.69 Å². The monoisotopic (exact) mass is 437 g/mol. The van der Waals surface area contributed by atoms with Crippen LogP contribution in [0.15, 0.2) is 33.9 Å². The van der Waals surface area contributed by atoms with Crippen molar-refractivity contribution in [3.05, 3.63) is 50.7 Å². The van der Waals surface area contributed by atoms with Crippen LogP contribution in [-0.4, -0.2) is 44.5 Å². The fourth-order valence-corrected chi connectivity index (χ4v) is 4.52. The highest BCUT2D eigenvalue weighted by molar-refractivity contribution is 5.80. The first-order chi connectivity index (χ1) is 15.5. The first-order valence-corrected chi connectivity index (χ1v) is 10.9. The van der Waals surface area contributed by atoms with Gasteiger partial charge < -0.3 is 25.3 Å². The summed E-state index contributed by atoms with van der Waals surface area (Å²) < 4.78 is 10.1. The summed E-state index contributed by atoms with van der Waals surface area (Å²) in [5.74, 6) is 1.38. The Morgan fingerprint density at radius 1 is 1.31 bits per heavy atom. The van der Waals surface area contributed by atoms with Crippen molar-refractivity contribution in [2.45, 2.75) is 32.4 Å². The minimum absolute atomic E-state index is 0.0683. The number of nitrogens with one attached hydrogen (secondary N) is 1. The third-order valence-corrected chi connectivity index (χ3v) is 6.14. The van der Waals surface area contributed by atoms with E-state index in [0.29, 0.717) is 41.6 Å². The van der Waals surface area contributed by atoms with E-state index >= 15 is 0 Å². The Bertz CT molecular complexity index is 1330. The Morgan fingerprint density at radius 3 is 2.91 bits per heavy atom. The third-order valence-electron chi connectivity index (χ3n) is 6.14. The molecule has 10 nitrogen and oxygen atoms in total. The number of anilines is 1. The highest BCUT2D eigenvalue weighted by Crippen LogP contribution is 2.28. The summed E-state index contributed by atoms with van der Waals surface area (Å²) in [5, 5.41) is 3.12. The van der Waals surface area contributed by atoms with Crippen LogP contribution in [0, 0.1) is 0 Å². The second-order valence-electron chi connectivity index (χ2n) is 8.20. The fourth-order valence-electron chi connectivity index (χ4n) is 4.52. The quantitative estimate of drug-likeness (QED) is 0.621. The van der Waals surface area contributed by atoms with Gasteiger partial charge in [-0.25, -0.2) is 9.36 Å². The number of aryl methyl sites for hydroxylation is 2. The first kappa shape index (κ1) is 20.4. The van der Waals surface area contributed by atoms with Crippen molar-refractivity contribution in [2.24, 2.45) is 12.8 Å². The predicted octanol–water partition coefficient (Wildman–Crippen LogP) is 0.739. The molecule has 32 heavy (non-hydrogen) atoms. The summed E-state index contributed by atoms with van der Waals surface area (Å²) >= 11 is 0. The van der Waals surface area contributed by atoms with Crippen molar-refractivity contribution >= 4 is 29.0 Å². The number of nitrogens with two attached hydrogens (primary N) is 1. The standard InChI is InChI=1S/C22H27N7O3/c1-3-28-18-19(25-21(28)27-10-6-7-14(23)11-27)26(2)22(31)29(20(18)30)12-16-15-8-4-5-9-17(15)32-13-24-16/h4-5,8-9,12,14,24H,3,6-7,10-11,13,23H2,1-2H3/b16-12-. The smallest absolute Gasteiger partial charge is 0.336 e. The second-order valence-corrected chi connectivity index (χ2v) is 8.20. The van der Waals surface area contributed by atoms with E-state index in [1.165, 1.54) is 4.57 Å². The number of para-hydroxylation sites is 1. The van der Waals surface area contributed by atoms with Gasteiger partial charge in [-0.2, -0.15) is 4.98 Å². The number of rotatable bonds is 3. The maximum absolute atomic E-state index is 13.6. The number of fused-ring (bicyclic) bond motifs is 2. The molecule has 10 heteroatoms. The second kappa shape index (κ2) is 7.86. The van der Waals surface area contributed by atoms with Crippen molar-refractivity contribution in [3.63, 3.8) is 0 Å². The molecule has 1 aromatic carbocycles. The molecule has 1 atom stereocenters. The Hall–Kier alpha value is -3.53. The Morgan fingerprint density at radius 2 is 2.12 bits per heavy atom. The number of imidazole rings is 1. The zero-order valence-corrected chi connectivity index (χ0v) is 18.2. The molecule has 4 heterocycles. The molecule has 2 aromatic heterocycles. The van der Waals surface area contributed by atoms with Gasteiger partial charge in [0.25, 0.3) is 5.56 Å². The van der Waals surface area contributed by atoms with E-state index in [9.17, 15) is 9.59 Å². The van der Waals surface area contributed by atoms with E-state index in [4.69, 9.17) is 15.5 Å². The number of hydrogen-bond donors (Lipinski definition) is 2. The van der Waals surface area contributed by atoms with Crippen LogP contribution in [0.2, 0.25) is 0 Å². The minimum atomic E-state index is -0.455. The molecule has 0 aliphatic carbocycles. The van der Waals surface area contributed by atoms with Gasteiger partial charge in [0.15, 0.2) is 17.9 Å². The minimum Gasteiger partial charge on any atom is -0.473 e. The molecule has 3 aromatic rings.